The number of carbonyl (C=O) groups is 1. The Morgan fingerprint density at radius 3 is 2.80 bits per heavy atom. The van der Waals surface area contributed by atoms with Gasteiger partial charge in [0, 0.05) is 20.2 Å². The van der Waals surface area contributed by atoms with Crippen molar-refractivity contribution in [2.45, 2.75) is 32.3 Å². The third kappa shape index (κ3) is 5.01. The minimum absolute atomic E-state index is 0.256. The van der Waals surface area contributed by atoms with Crippen molar-refractivity contribution in [2.75, 3.05) is 46.6 Å². The first-order valence-corrected chi connectivity index (χ1v) is 7.24. The summed E-state index contributed by atoms with van der Waals surface area (Å²) in [6, 6.07) is 0. The molecule has 6 nitrogen and oxygen atoms in total. The summed E-state index contributed by atoms with van der Waals surface area (Å²) in [6.07, 6.45) is 1.61. The molecule has 1 fully saturated rings. The number of likely N-dealkylation sites (tertiary alicyclic amines) is 1. The highest BCUT2D eigenvalue weighted by Gasteiger charge is 2.40. The number of β-amino-alcohol motifs (C(OH)–C–C–N with tert-alkyl or cyclic N) is 1. The molecule has 118 valence electrons. The molecule has 0 radical (unpaired) electrons. The van der Waals surface area contributed by atoms with Gasteiger partial charge < -0.3 is 19.7 Å². The van der Waals surface area contributed by atoms with Crippen molar-refractivity contribution < 1.29 is 24.5 Å². The number of aliphatic carboxylic acids is 1. The van der Waals surface area contributed by atoms with Crippen LogP contribution in [0.2, 0.25) is 0 Å². The second-order valence-corrected chi connectivity index (χ2v) is 5.50. The fourth-order valence-corrected chi connectivity index (χ4v) is 2.71. The maximum absolute atomic E-state index is 11.5. The molecule has 0 aliphatic carbocycles. The third-order valence-corrected chi connectivity index (χ3v) is 4.00. The van der Waals surface area contributed by atoms with E-state index in [4.69, 9.17) is 9.47 Å². The largest absolute Gasteiger partial charge is 0.481 e. The normalized spacial score (nSPS) is 25.6. The average molecular weight is 289 g/mol. The summed E-state index contributed by atoms with van der Waals surface area (Å²) in [5.41, 5.74) is -0.658. The van der Waals surface area contributed by atoms with Crippen molar-refractivity contribution in [2.24, 2.45) is 5.41 Å². The number of piperidine rings is 1. The number of nitrogens with zero attached hydrogens (tertiary/aromatic N) is 1. The highest BCUT2D eigenvalue weighted by Crippen LogP contribution is 2.33. The zero-order valence-electron chi connectivity index (χ0n) is 12.5. The van der Waals surface area contributed by atoms with Crippen LogP contribution in [0.15, 0.2) is 0 Å². The Morgan fingerprint density at radius 2 is 2.20 bits per heavy atom. The van der Waals surface area contributed by atoms with E-state index in [1.54, 1.807) is 7.11 Å². The van der Waals surface area contributed by atoms with E-state index in [0.717, 1.165) is 19.4 Å². The molecule has 0 aromatic carbocycles. The van der Waals surface area contributed by atoms with Crippen molar-refractivity contribution in [1.29, 1.82) is 0 Å². The van der Waals surface area contributed by atoms with Gasteiger partial charge in [-0.3, -0.25) is 9.69 Å². The van der Waals surface area contributed by atoms with Gasteiger partial charge in [0.05, 0.1) is 31.3 Å². The van der Waals surface area contributed by atoms with Gasteiger partial charge in [0.25, 0.3) is 0 Å². The van der Waals surface area contributed by atoms with Crippen LogP contribution in [0, 0.1) is 5.41 Å². The van der Waals surface area contributed by atoms with Gasteiger partial charge in [0.1, 0.15) is 0 Å². The van der Waals surface area contributed by atoms with Crippen LogP contribution in [0.1, 0.15) is 26.2 Å². The highest BCUT2D eigenvalue weighted by atomic mass is 16.5. The molecular weight excluding hydrogens is 262 g/mol. The number of rotatable bonds is 9. The number of aliphatic hydroxyl groups excluding tert-OH is 1. The van der Waals surface area contributed by atoms with Crippen LogP contribution >= 0.6 is 0 Å². The summed E-state index contributed by atoms with van der Waals surface area (Å²) < 4.78 is 10.1. The van der Waals surface area contributed by atoms with Crippen LogP contribution in [0.3, 0.4) is 0 Å². The molecule has 1 rings (SSSR count). The molecule has 0 saturated carbocycles. The van der Waals surface area contributed by atoms with Crippen LogP contribution in [0.25, 0.3) is 0 Å². The van der Waals surface area contributed by atoms with Crippen LogP contribution in [-0.2, 0) is 14.3 Å². The summed E-state index contributed by atoms with van der Waals surface area (Å²) >= 11 is 0. The average Bonchev–Trinajstić information content (AvgIpc) is 2.43. The third-order valence-electron chi connectivity index (χ3n) is 4.00. The molecule has 0 aromatic heterocycles. The quantitative estimate of drug-likeness (QED) is 0.605. The second-order valence-electron chi connectivity index (χ2n) is 5.50. The summed E-state index contributed by atoms with van der Waals surface area (Å²) in [5, 5.41) is 19.3. The molecule has 2 atom stereocenters. The van der Waals surface area contributed by atoms with Gasteiger partial charge in [-0.15, -0.1) is 0 Å². The molecule has 1 aliphatic heterocycles. The van der Waals surface area contributed by atoms with E-state index < -0.39 is 17.5 Å². The first-order valence-electron chi connectivity index (χ1n) is 7.24. The molecule has 1 saturated heterocycles. The molecule has 0 spiro atoms. The monoisotopic (exact) mass is 289 g/mol. The van der Waals surface area contributed by atoms with Crippen molar-refractivity contribution >= 4 is 5.97 Å². The second kappa shape index (κ2) is 8.56. The number of methoxy groups -OCH3 is 1. The van der Waals surface area contributed by atoms with E-state index in [1.165, 1.54) is 0 Å². The molecule has 0 amide bonds. The summed E-state index contributed by atoms with van der Waals surface area (Å²) in [6.45, 7) is 4.95. The standard InChI is InChI=1S/C14H27NO5/c1-3-14(13(17)18)5-4-6-15(11-14)9-12(16)10-20-8-7-19-2/h12,16H,3-11H2,1-2H3,(H,17,18). The minimum atomic E-state index is -0.726. The molecule has 2 N–H and O–H groups in total. The lowest BCUT2D eigenvalue weighted by Crippen LogP contribution is -2.50. The van der Waals surface area contributed by atoms with Gasteiger partial charge in [-0.25, -0.2) is 0 Å². The SMILES string of the molecule is CCC1(C(=O)O)CCCN(CC(O)COCCOC)C1. The van der Waals surface area contributed by atoms with Gasteiger partial charge in [-0.2, -0.15) is 0 Å². The maximum Gasteiger partial charge on any atom is 0.310 e. The predicted octanol–water partition coefficient (Wildman–Crippen LogP) is 0.587. The number of carboxylic acid groups (broad SMARTS) is 1. The van der Waals surface area contributed by atoms with Crippen molar-refractivity contribution in [3.63, 3.8) is 0 Å². The summed E-state index contributed by atoms with van der Waals surface area (Å²) in [7, 11) is 1.60. The Balaban J connectivity index is 2.37. The molecule has 6 heteroatoms. The van der Waals surface area contributed by atoms with E-state index in [9.17, 15) is 15.0 Å². The Labute approximate surface area is 120 Å². The lowest BCUT2D eigenvalue weighted by atomic mass is 9.77. The molecule has 1 heterocycles. The van der Waals surface area contributed by atoms with Gasteiger partial charge in [0.15, 0.2) is 0 Å². The van der Waals surface area contributed by atoms with Crippen LogP contribution in [0.4, 0.5) is 0 Å². The lowest BCUT2D eigenvalue weighted by molar-refractivity contribution is -0.153. The predicted molar refractivity (Wildman–Crippen MR) is 74.7 cm³/mol. The first kappa shape index (κ1) is 17.4. The van der Waals surface area contributed by atoms with Gasteiger partial charge in [-0.05, 0) is 25.8 Å². The van der Waals surface area contributed by atoms with E-state index in [0.29, 0.717) is 32.7 Å². The van der Waals surface area contributed by atoms with E-state index in [2.05, 4.69) is 0 Å². The van der Waals surface area contributed by atoms with Crippen LogP contribution in [-0.4, -0.2) is 73.8 Å². The van der Waals surface area contributed by atoms with E-state index in [1.807, 2.05) is 11.8 Å². The maximum atomic E-state index is 11.5. The number of carboxylic acids is 1. The Hall–Kier alpha value is -0.690. The minimum Gasteiger partial charge on any atom is -0.481 e. The number of hydrogen-bond donors (Lipinski definition) is 2. The topological polar surface area (TPSA) is 79.2 Å². The number of aliphatic hydroxyl groups is 1. The van der Waals surface area contributed by atoms with Crippen molar-refractivity contribution in [1.82, 2.24) is 4.90 Å². The Bertz CT molecular complexity index is 299. The summed E-state index contributed by atoms with van der Waals surface area (Å²) in [5.74, 6) is -0.726. The van der Waals surface area contributed by atoms with Gasteiger partial charge >= 0.3 is 5.97 Å². The lowest BCUT2D eigenvalue weighted by Gasteiger charge is -2.40. The first-order chi connectivity index (χ1) is 9.54. The molecule has 20 heavy (non-hydrogen) atoms. The van der Waals surface area contributed by atoms with E-state index >= 15 is 0 Å². The molecule has 0 bridgehead atoms. The molecular formula is C14H27NO5. The zero-order valence-corrected chi connectivity index (χ0v) is 12.5. The van der Waals surface area contributed by atoms with Crippen molar-refractivity contribution in [3.05, 3.63) is 0 Å². The van der Waals surface area contributed by atoms with E-state index in [-0.39, 0.29) is 6.61 Å². The molecule has 0 aromatic rings. The van der Waals surface area contributed by atoms with Crippen LogP contribution in [0.5, 0.6) is 0 Å². The van der Waals surface area contributed by atoms with Crippen LogP contribution < -0.4 is 0 Å². The van der Waals surface area contributed by atoms with Gasteiger partial charge in [0.2, 0.25) is 0 Å². The summed E-state index contributed by atoms with van der Waals surface area (Å²) in [4.78, 5) is 13.5. The Kier molecular flexibility index (Phi) is 7.43. The van der Waals surface area contributed by atoms with Crippen molar-refractivity contribution in [3.8, 4) is 0 Å². The van der Waals surface area contributed by atoms with Gasteiger partial charge in [-0.1, -0.05) is 6.92 Å². The smallest absolute Gasteiger partial charge is 0.310 e. The highest BCUT2D eigenvalue weighted by molar-refractivity contribution is 5.75. The Morgan fingerprint density at radius 1 is 1.45 bits per heavy atom. The fourth-order valence-electron chi connectivity index (χ4n) is 2.71. The fraction of sp³-hybridized carbons (Fsp3) is 0.929. The number of ether oxygens (including phenoxy) is 2. The molecule has 2 unspecified atom stereocenters. The number of hydrogen-bond acceptors (Lipinski definition) is 5. The zero-order chi connectivity index (χ0) is 15.0. The molecule has 1 aliphatic rings.